The van der Waals surface area contributed by atoms with Crippen LogP contribution in [-0.4, -0.2) is 137 Å². The summed E-state index contributed by atoms with van der Waals surface area (Å²) in [6.45, 7) is 8.01. The lowest BCUT2D eigenvalue weighted by Crippen LogP contribution is -2.59. The van der Waals surface area contributed by atoms with Gasteiger partial charge in [-0.25, -0.2) is 0 Å². The Hall–Kier alpha value is -1.88. The van der Waals surface area contributed by atoms with Crippen LogP contribution < -0.4 is 5.32 Å². The summed E-state index contributed by atoms with van der Waals surface area (Å²) >= 11 is 13.1. The fraction of sp³-hybridized carbons (Fsp3) is 0.787. The molecule has 3 saturated heterocycles. The quantitative estimate of drug-likeness (QED) is 0.219. The lowest BCUT2D eigenvalue weighted by Gasteiger charge is -2.48. The van der Waals surface area contributed by atoms with E-state index < -0.39 is 54.9 Å². The topological polar surface area (TPSA) is 143 Å². The van der Waals surface area contributed by atoms with Gasteiger partial charge in [0.1, 0.15) is 24.4 Å². The summed E-state index contributed by atoms with van der Waals surface area (Å²) in [4.78, 5) is 31.4. The van der Waals surface area contributed by atoms with E-state index >= 15 is 4.79 Å². The summed E-state index contributed by atoms with van der Waals surface area (Å²) in [5.74, 6) is -2.27. The second kappa shape index (κ2) is 20.7. The second-order valence-corrected chi connectivity index (χ2v) is 19.7. The highest BCUT2D eigenvalue weighted by molar-refractivity contribution is 6.36. The van der Waals surface area contributed by atoms with E-state index in [-0.39, 0.29) is 78.4 Å². The van der Waals surface area contributed by atoms with Crippen molar-refractivity contribution in [3.8, 4) is 0 Å². The zero-order chi connectivity index (χ0) is 44.6. The lowest BCUT2D eigenvalue weighted by molar-refractivity contribution is -0.314. The summed E-state index contributed by atoms with van der Waals surface area (Å²) in [5.41, 5.74) is 1.21. The van der Waals surface area contributed by atoms with E-state index in [1.165, 1.54) is 0 Å². The average Bonchev–Trinajstić information content (AvgIpc) is 3.82. The molecule has 5 fully saturated rings. The predicted octanol–water partition coefficient (Wildman–Crippen LogP) is 7.08. The van der Waals surface area contributed by atoms with Gasteiger partial charge in [0.25, 0.3) is 0 Å². The number of benzene rings is 1. The molecular weight excluding hydrogens is 839 g/mol. The molecule has 0 aromatic heterocycles. The first-order chi connectivity index (χ1) is 29.7. The molecule has 3 heterocycles. The van der Waals surface area contributed by atoms with Crippen molar-refractivity contribution in [3.05, 3.63) is 39.9 Å². The number of aliphatic hydroxyl groups excluding tert-OH is 1. The Kier molecular flexibility index (Phi) is 16.1. The molecule has 4 unspecified atom stereocenters. The highest BCUT2D eigenvalue weighted by atomic mass is 35.5. The fourth-order valence-electron chi connectivity index (χ4n) is 12.0. The van der Waals surface area contributed by atoms with E-state index in [0.717, 1.165) is 19.3 Å². The van der Waals surface area contributed by atoms with Crippen LogP contribution in [0.1, 0.15) is 85.5 Å². The summed E-state index contributed by atoms with van der Waals surface area (Å²) in [7, 11) is 9.00. The van der Waals surface area contributed by atoms with Crippen LogP contribution in [0.15, 0.2) is 29.8 Å². The highest BCUT2D eigenvalue weighted by Gasteiger charge is 2.60. The average molecular weight is 910 g/mol. The number of rotatable bonds is 11. The number of methoxy groups -OCH3 is 3. The molecule has 3 aliphatic heterocycles. The number of nitrogens with one attached hydrogen (secondary N) is 1. The number of ether oxygens (including phenoxy) is 8. The van der Waals surface area contributed by atoms with Crippen molar-refractivity contribution in [3.63, 3.8) is 0 Å². The number of halogens is 2. The third-order valence-corrected chi connectivity index (χ3v) is 15.7. The smallest absolute Gasteiger partial charge is 0.306 e. The second-order valence-electron chi connectivity index (χ2n) is 18.9. The number of Topliss-reactive ketones (excluding diaryl/α,β-unsaturated/α-hetero) is 1. The molecule has 1 aromatic carbocycles. The first-order valence-electron chi connectivity index (χ1n) is 22.9. The van der Waals surface area contributed by atoms with Gasteiger partial charge in [-0.1, -0.05) is 43.1 Å². The number of ketones is 1. The number of aliphatic hydroxyl groups is 1. The first kappa shape index (κ1) is 48.1. The molecule has 6 aliphatic rings. The molecule has 7 rings (SSSR count). The van der Waals surface area contributed by atoms with Crippen LogP contribution in [0.4, 0.5) is 5.69 Å². The molecule has 348 valence electrons. The summed E-state index contributed by atoms with van der Waals surface area (Å²) < 4.78 is 50.1. The van der Waals surface area contributed by atoms with Gasteiger partial charge in [-0.2, -0.15) is 0 Å². The van der Waals surface area contributed by atoms with Gasteiger partial charge < -0.3 is 53.2 Å². The molecule has 0 amide bonds. The summed E-state index contributed by atoms with van der Waals surface area (Å²) in [6, 6.07) is 4.92. The van der Waals surface area contributed by atoms with Gasteiger partial charge in [-0.3, -0.25) is 9.59 Å². The molecule has 15 heteroatoms. The predicted molar refractivity (Wildman–Crippen MR) is 235 cm³/mol. The van der Waals surface area contributed by atoms with Crippen molar-refractivity contribution >= 4 is 40.6 Å². The molecule has 0 spiro atoms. The van der Waals surface area contributed by atoms with E-state index in [9.17, 15) is 9.90 Å². The van der Waals surface area contributed by atoms with Crippen LogP contribution in [0.25, 0.3) is 0 Å². The Morgan fingerprint density at radius 2 is 1.61 bits per heavy atom. The Bertz CT molecular complexity index is 1740. The van der Waals surface area contributed by atoms with Gasteiger partial charge in [-0.05, 0) is 127 Å². The number of likely N-dealkylation sites (N-methyl/N-ethyl adjacent to an activating group) is 1. The normalized spacial score (nSPS) is 42.9. The molecule has 13 nitrogen and oxygen atoms in total. The monoisotopic (exact) mass is 908 g/mol. The Balaban J connectivity index is 1.22. The van der Waals surface area contributed by atoms with E-state index in [4.69, 9.17) is 61.1 Å². The zero-order valence-corrected chi connectivity index (χ0v) is 39.4. The Labute approximate surface area is 378 Å². The summed E-state index contributed by atoms with van der Waals surface area (Å²) in [5, 5.41) is 17.1. The number of carbonyl (C=O) groups is 2. The number of nitrogens with zero attached hydrogens (tertiary/aromatic N) is 1. The molecule has 2 saturated carbocycles. The SMILES string of the molecule is CC[C@H]1CCC[C@H](O[C@H]2CC[C@H](N(C)C)C(C)O2)[C@@H](C)C(=O)C2=C[C@H]3[C@@H]4C[C@H](O[C@@H]5OC(C)[C@H](OC)C(OC)C5OC)C[C@H]4[C@@H](O)[C@H](Nc4ccc(Cl)cc4Cl)[C@H]3[C@@H]2CC(=O)O1. The van der Waals surface area contributed by atoms with Crippen molar-refractivity contribution in [2.24, 2.45) is 35.5 Å². The minimum absolute atomic E-state index is 0.00160. The van der Waals surface area contributed by atoms with E-state index in [1.807, 2.05) is 20.8 Å². The Morgan fingerprint density at radius 1 is 0.887 bits per heavy atom. The molecule has 0 radical (unpaired) electrons. The third-order valence-electron chi connectivity index (χ3n) is 15.1. The van der Waals surface area contributed by atoms with Crippen molar-refractivity contribution in [1.82, 2.24) is 4.90 Å². The molecule has 0 bridgehead atoms. The minimum Gasteiger partial charge on any atom is -0.462 e. The number of fused-ring (bicyclic) bond motifs is 5. The van der Waals surface area contributed by atoms with E-state index in [2.05, 4.69) is 37.3 Å². The van der Waals surface area contributed by atoms with Crippen LogP contribution in [-0.2, 0) is 47.5 Å². The van der Waals surface area contributed by atoms with E-state index in [1.54, 1.807) is 39.5 Å². The van der Waals surface area contributed by atoms with Crippen molar-refractivity contribution in [1.29, 1.82) is 0 Å². The molecule has 19 atom stereocenters. The number of esters is 1. The first-order valence-corrected chi connectivity index (χ1v) is 23.6. The number of carbonyl (C=O) groups excluding carboxylic acids is 2. The lowest BCUT2D eigenvalue weighted by atomic mass is 9.62. The van der Waals surface area contributed by atoms with Gasteiger partial charge in [0.15, 0.2) is 18.4 Å². The minimum atomic E-state index is -0.885. The van der Waals surface area contributed by atoms with Crippen LogP contribution in [0.5, 0.6) is 0 Å². The maximum Gasteiger partial charge on any atom is 0.306 e. The number of hydrogen-bond acceptors (Lipinski definition) is 13. The number of anilines is 1. The zero-order valence-electron chi connectivity index (χ0n) is 37.9. The van der Waals surface area contributed by atoms with Crippen LogP contribution in [0, 0.1) is 35.5 Å². The maximum absolute atomic E-state index is 15.2. The van der Waals surface area contributed by atoms with Crippen molar-refractivity contribution < 1.29 is 52.6 Å². The van der Waals surface area contributed by atoms with Crippen molar-refractivity contribution in [2.45, 2.75) is 165 Å². The summed E-state index contributed by atoms with van der Waals surface area (Å²) in [6.07, 6.45) is 2.91. The molecule has 1 aromatic rings. The van der Waals surface area contributed by atoms with Gasteiger partial charge >= 0.3 is 5.97 Å². The van der Waals surface area contributed by atoms with Gasteiger partial charge in [0.2, 0.25) is 0 Å². The van der Waals surface area contributed by atoms with Crippen LogP contribution in [0.2, 0.25) is 10.0 Å². The standard InChI is InChI=1S/C47H70Cl2N2O11/c1-10-27-12-11-13-37(62-39-17-16-36(51(5)6)24(3)58-39)23(2)42(53)33-21-30-29-19-28(61-47-46(57-9)45(56-8)44(55-7)25(4)59-47)20-32(29)43(54)41(40(30)31(33)22-38(52)60-27)50-35-15-14-26(48)18-34(35)49/h14-15,18,21,23-25,27-32,36-37,39-41,43-47,50,54H,10-13,16-17,19-20,22H2,1-9H3/t23-,24?,25?,27+,28+,29+,30+,31-,32-,36+,37+,39+,40-,41-,43-,44+,45?,46?,47+/m1/s1. The van der Waals surface area contributed by atoms with Crippen LogP contribution in [0.3, 0.4) is 0 Å². The number of allylic oxidation sites excluding steroid dienone is 2. The number of cyclic esters (lactones) is 1. The number of hydrogen-bond donors (Lipinski definition) is 2. The van der Waals surface area contributed by atoms with Crippen molar-refractivity contribution in [2.75, 3.05) is 40.7 Å². The molecule has 62 heavy (non-hydrogen) atoms. The van der Waals surface area contributed by atoms with Gasteiger partial charge in [0, 0.05) is 44.2 Å². The van der Waals surface area contributed by atoms with Gasteiger partial charge in [-0.15, -0.1) is 0 Å². The maximum atomic E-state index is 15.2. The fourth-order valence-corrected chi connectivity index (χ4v) is 12.5. The van der Waals surface area contributed by atoms with Crippen LogP contribution >= 0.6 is 23.2 Å². The molecular formula is C47H70Cl2N2O11. The third kappa shape index (κ3) is 9.94. The van der Waals surface area contributed by atoms with E-state index in [0.29, 0.717) is 53.4 Å². The largest absolute Gasteiger partial charge is 0.462 e. The Morgan fingerprint density at radius 3 is 2.27 bits per heavy atom. The molecule has 2 N–H and O–H groups in total. The highest BCUT2D eigenvalue weighted by Crippen LogP contribution is 2.58. The van der Waals surface area contributed by atoms with Gasteiger partial charge in [0.05, 0.1) is 53.7 Å². The molecule has 3 aliphatic carbocycles.